The van der Waals surface area contributed by atoms with E-state index in [1.54, 1.807) is 13.1 Å². The summed E-state index contributed by atoms with van der Waals surface area (Å²) in [4.78, 5) is 29.2. The Morgan fingerprint density at radius 3 is 2.62 bits per heavy atom. The molecule has 10 heteroatoms. The molecule has 1 N–H and O–H groups in total. The molecule has 0 spiro atoms. The number of alkyl halides is 1. The topological polar surface area (TPSA) is 110 Å². The van der Waals surface area contributed by atoms with Crippen LogP contribution in [-0.4, -0.2) is 61.3 Å². The number of aromatic nitrogens is 4. The number of nitrogens with zero attached hydrogens (tertiary/aromatic N) is 5. The maximum Gasteiger partial charge on any atom is 0.409 e. The van der Waals surface area contributed by atoms with Crippen LogP contribution in [0.4, 0.5) is 9.18 Å². The summed E-state index contributed by atoms with van der Waals surface area (Å²) in [6.07, 6.45) is 2.79. The third kappa shape index (κ3) is 5.19. The number of rotatable bonds is 7. The van der Waals surface area contributed by atoms with Crippen molar-refractivity contribution in [1.29, 1.82) is 0 Å². The molecule has 2 aliphatic rings. The van der Waals surface area contributed by atoms with Gasteiger partial charge in [-0.3, -0.25) is 9.78 Å². The van der Waals surface area contributed by atoms with Gasteiger partial charge in [-0.05, 0) is 51.2 Å². The lowest BCUT2D eigenvalue weighted by atomic mass is 9.82. The van der Waals surface area contributed by atoms with E-state index in [-0.39, 0.29) is 19.6 Å². The summed E-state index contributed by atoms with van der Waals surface area (Å²) in [6, 6.07) is 3.58. The van der Waals surface area contributed by atoms with Crippen LogP contribution >= 0.6 is 0 Å². The van der Waals surface area contributed by atoms with Gasteiger partial charge in [0.1, 0.15) is 23.7 Å². The third-order valence-corrected chi connectivity index (χ3v) is 6.49. The third-order valence-electron chi connectivity index (χ3n) is 6.49. The molecule has 2 heterocycles. The minimum atomic E-state index is -1.31. The number of halogens is 1. The molecule has 0 radical (unpaired) electrons. The van der Waals surface area contributed by atoms with Gasteiger partial charge < -0.3 is 14.7 Å². The highest BCUT2D eigenvalue weighted by molar-refractivity contribution is 5.69. The molecule has 9 nitrogen and oxygen atoms in total. The standard InChI is InChI=1S/C24H28FN5O4/c1-16-17(7-10-23(11-12-23)13-20(31)32)5-6-18(26-16)21-19(30(3)28-27-21)14-34-22(33)29(2)15-24(25)8-4-9-24/h5-6H,4,8-9,11-15H2,1-3H3,(H,31,32). The zero-order valence-corrected chi connectivity index (χ0v) is 19.6. The van der Waals surface area contributed by atoms with Crippen molar-refractivity contribution in [1.82, 2.24) is 24.9 Å². The molecule has 2 fully saturated rings. The van der Waals surface area contributed by atoms with Gasteiger partial charge in [0, 0.05) is 25.1 Å². The number of aryl methyl sites for hydroxylation is 2. The van der Waals surface area contributed by atoms with Crippen molar-refractivity contribution in [2.75, 3.05) is 13.6 Å². The molecule has 0 aliphatic heterocycles. The Morgan fingerprint density at radius 2 is 2.03 bits per heavy atom. The van der Waals surface area contributed by atoms with Gasteiger partial charge in [-0.2, -0.15) is 0 Å². The zero-order chi connectivity index (χ0) is 24.5. The largest absolute Gasteiger partial charge is 0.481 e. The predicted octanol–water partition coefficient (Wildman–Crippen LogP) is 3.25. The molecule has 1 amide bonds. The Bertz CT molecular complexity index is 1170. The lowest BCUT2D eigenvalue weighted by Crippen LogP contribution is -2.45. The summed E-state index contributed by atoms with van der Waals surface area (Å²) in [5.74, 6) is 5.35. The van der Waals surface area contributed by atoms with Crippen LogP contribution in [0.2, 0.25) is 0 Å². The fraction of sp³-hybridized carbons (Fsp3) is 0.542. The van der Waals surface area contributed by atoms with Gasteiger partial charge in [0.25, 0.3) is 0 Å². The Kier molecular flexibility index (Phi) is 6.30. The zero-order valence-electron chi connectivity index (χ0n) is 19.6. The molecule has 2 aromatic heterocycles. The first kappa shape index (κ1) is 23.7. The molecule has 0 saturated heterocycles. The van der Waals surface area contributed by atoms with Gasteiger partial charge in [-0.25, -0.2) is 13.9 Å². The van der Waals surface area contributed by atoms with Crippen molar-refractivity contribution in [3.63, 3.8) is 0 Å². The number of carbonyl (C=O) groups excluding carboxylic acids is 1. The van der Waals surface area contributed by atoms with E-state index in [0.717, 1.165) is 24.8 Å². The molecule has 0 aromatic carbocycles. The number of carbonyl (C=O) groups is 2. The van der Waals surface area contributed by atoms with Gasteiger partial charge in [-0.1, -0.05) is 17.1 Å². The normalized spacial score (nSPS) is 17.2. The van der Waals surface area contributed by atoms with Crippen LogP contribution in [0.1, 0.15) is 55.5 Å². The van der Waals surface area contributed by atoms with Crippen LogP contribution in [0.5, 0.6) is 0 Å². The summed E-state index contributed by atoms with van der Waals surface area (Å²) in [5.41, 5.74) is 1.25. The summed E-state index contributed by atoms with van der Waals surface area (Å²) in [7, 11) is 3.22. The van der Waals surface area contributed by atoms with E-state index < -0.39 is 23.1 Å². The first-order valence-corrected chi connectivity index (χ1v) is 11.3. The van der Waals surface area contributed by atoms with Crippen molar-refractivity contribution < 1.29 is 23.8 Å². The first-order chi connectivity index (χ1) is 16.1. The van der Waals surface area contributed by atoms with Crippen LogP contribution in [0.3, 0.4) is 0 Å². The molecule has 2 aliphatic carbocycles. The van der Waals surface area contributed by atoms with E-state index >= 15 is 0 Å². The number of ether oxygens (including phenoxy) is 1. The van der Waals surface area contributed by atoms with Crippen LogP contribution in [-0.2, 0) is 23.2 Å². The summed E-state index contributed by atoms with van der Waals surface area (Å²) in [5, 5.41) is 17.3. The van der Waals surface area contributed by atoms with Gasteiger partial charge in [0.15, 0.2) is 0 Å². The number of carboxylic acid groups (broad SMARTS) is 1. The van der Waals surface area contributed by atoms with E-state index in [4.69, 9.17) is 9.84 Å². The first-order valence-electron chi connectivity index (χ1n) is 11.3. The molecular formula is C24H28FN5O4. The highest BCUT2D eigenvalue weighted by atomic mass is 19.1. The molecule has 0 atom stereocenters. The van der Waals surface area contributed by atoms with Crippen LogP contribution in [0.25, 0.3) is 11.4 Å². The molecule has 4 rings (SSSR count). The predicted molar refractivity (Wildman–Crippen MR) is 120 cm³/mol. The highest BCUT2D eigenvalue weighted by Gasteiger charge is 2.43. The van der Waals surface area contributed by atoms with E-state index in [1.165, 1.54) is 16.6 Å². The SMILES string of the molecule is Cc1nc(-c2nnn(C)c2COC(=O)N(C)CC2(F)CCC2)ccc1C#CC1(CC(=O)O)CC1. The smallest absolute Gasteiger partial charge is 0.409 e. The van der Waals surface area contributed by atoms with Crippen molar-refractivity contribution >= 4 is 12.1 Å². The van der Waals surface area contributed by atoms with Crippen molar-refractivity contribution in [2.24, 2.45) is 12.5 Å². The van der Waals surface area contributed by atoms with Gasteiger partial charge in [0.2, 0.25) is 0 Å². The van der Waals surface area contributed by atoms with Gasteiger partial charge in [-0.15, -0.1) is 5.10 Å². The lowest BCUT2D eigenvalue weighted by Gasteiger charge is -2.36. The summed E-state index contributed by atoms with van der Waals surface area (Å²) < 4.78 is 21.2. The number of carboxylic acids is 1. The molecule has 0 bridgehead atoms. The maximum absolute atomic E-state index is 14.3. The number of hydrogen-bond donors (Lipinski definition) is 1. The summed E-state index contributed by atoms with van der Waals surface area (Å²) in [6.45, 7) is 1.75. The fourth-order valence-electron chi connectivity index (χ4n) is 4.00. The van der Waals surface area contributed by atoms with E-state index in [2.05, 4.69) is 27.1 Å². The molecule has 180 valence electrons. The van der Waals surface area contributed by atoms with Gasteiger partial charge >= 0.3 is 12.1 Å². The molecule has 0 unspecified atom stereocenters. The molecule has 2 aromatic rings. The van der Waals surface area contributed by atoms with Crippen LogP contribution in [0.15, 0.2) is 12.1 Å². The molecule has 34 heavy (non-hydrogen) atoms. The monoisotopic (exact) mass is 469 g/mol. The highest BCUT2D eigenvalue weighted by Crippen LogP contribution is 2.48. The lowest BCUT2D eigenvalue weighted by molar-refractivity contribution is -0.137. The van der Waals surface area contributed by atoms with Crippen molar-refractivity contribution in [3.8, 4) is 23.2 Å². The maximum atomic E-state index is 14.3. The van der Waals surface area contributed by atoms with Crippen LogP contribution < -0.4 is 0 Å². The second-order valence-corrected chi connectivity index (χ2v) is 9.35. The van der Waals surface area contributed by atoms with Gasteiger partial charge in [0.05, 0.1) is 24.4 Å². The number of aliphatic carboxylic acids is 1. The molecular weight excluding hydrogens is 441 g/mol. The van der Waals surface area contributed by atoms with E-state index in [0.29, 0.717) is 35.6 Å². The number of hydrogen-bond acceptors (Lipinski definition) is 6. The second-order valence-electron chi connectivity index (χ2n) is 9.35. The fourth-order valence-corrected chi connectivity index (χ4v) is 4.00. The quantitative estimate of drug-likeness (QED) is 0.620. The van der Waals surface area contributed by atoms with E-state index in [9.17, 15) is 14.0 Å². The Hall–Kier alpha value is -3.48. The Labute approximate surface area is 197 Å². The van der Waals surface area contributed by atoms with Crippen LogP contribution in [0, 0.1) is 24.2 Å². The summed E-state index contributed by atoms with van der Waals surface area (Å²) >= 11 is 0. The Balaban J connectivity index is 1.45. The minimum absolute atomic E-state index is 0.0132. The second kappa shape index (κ2) is 9.05. The number of amides is 1. The Morgan fingerprint density at radius 1 is 1.29 bits per heavy atom. The van der Waals surface area contributed by atoms with Crippen molar-refractivity contribution in [2.45, 2.75) is 57.7 Å². The minimum Gasteiger partial charge on any atom is -0.481 e. The average molecular weight is 470 g/mol. The van der Waals surface area contributed by atoms with Crippen molar-refractivity contribution in [3.05, 3.63) is 29.1 Å². The average Bonchev–Trinajstić information content (AvgIpc) is 3.41. The number of pyridine rings is 1. The molecule has 2 saturated carbocycles. The van der Waals surface area contributed by atoms with E-state index in [1.807, 2.05) is 13.0 Å².